The summed E-state index contributed by atoms with van der Waals surface area (Å²) in [5.74, 6) is 0. The zero-order valence-electron chi connectivity index (χ0n) is 15.3. The van der Waals surface area contributed by atoms with E-state index < -0.39 is 21.8 Å². The van der Waals surface area contributed by atoms with Crippen molar-refractivity contribution in [3.63, 3.8) is 0 Å². The summed E-state index contributed by atoms with van der Waals surface area (Å²) in [5, 5.41) is 4.08. The first kappa shape index (κ1) is 19.5. The van der Waals surface area contributed by atoms with Crippen molar-refractivity contribution in [2.75, 3.05) is 22.7 Å². The predicted molar refractivity (Wildman–Crippen MR) is 96.4 cm³/mol. The zero-order chi connectivity index (χ0) is 20.0. The summed E-state index contributed by atoms with van der Waals surface area (Å²) in [6.07, 6.45) is -2.74. The lowest BCUT2D eigenvalue weighted by molar-refractivity contribution is -0.137. The van der Waals surface area contributed by atoms with Gasteiger partial charge in [-0.3, -0.25) is 9.40 Å². The van der Waals surface area contributed by atoms with Crippen molar-refractivity contribution in [3.05, 3.63) is 35.2 Å². The molecule has 0 saturated carbocycles. The van der Waals surface area contributed by atoms with E-state index in [1.165, 1.54) is 10.7 Å². The second-order valence-corrected chi connectivity index (χ2v) is 8.27. The molecule has 0 spiro atoms. The molecule has 2 aromatic rings. The third-order valence-corrected chi connectivity index (χ3v) is 6.34. The number of sulfonamides is 1. The van der Waals surface area contributed by atoms with Gasteiger partial charge in [0.05, 0.1) is 28.3 Å². The van der Waals surface area contributed by atoms with Gasteiger partial charge in [-0.2, -0.15) is 18.3 Å². The van der Waals surface area contributed by atoms with Crippen molar-refractivity contribution >= 4 is 21.4 Å². The minimum Gasteiger partial charge on any atom is -0.370 e. The largest absolute Gasteiger partial charge is 0.416 e. The van der Waals surface area contributed by atoms with E-state index >= 15 is 0 Å². The molecule has 1 aromatic carbocycles. The number of aryl methyl sites for hydroxylation is 2. The Hall–Kier alpha value is -2.23. The molecule has 0 amide bonds. The standard InChI is InChI=1S/C17H21F3N4O2S/c1-11-16(12(2)23(3)21-11)27(25,26)22-14-10-13(17(18,19)20)6-7-15(14)24-8-4-5-9-24/h6-7,10,22H,4-5,8-9H2,1-3H3. The van der Waals surface area contributed by atoms with Crippen molar-refractivity contribution in [2.24, 2.45) is 7.05 Å². The molecule has 3 rings (SSSR count). The van der Waals surface area contributed by atoms with Crippen LogP contribution in [-0.4, -0.2) is 31.3 Å². The van der Waals surface area contributed by atoms with Gasteiger partial charge >= 0.3 is 6.18 Å². The van der Waals surface area contributed by atoms with Crippen LogP contribution in [0.5, 0.6) is 0 Å². The molecule has 6 nitrogen and oxygen atoms in total. The number of halogens is 3. The Balaban J connectivity index is 2.08. The summed E-state index contributed by atoms with van der Waals surface area (Å²) in [6, 6.07) is 3.16. The van der Waals surface area contributed by atoms with E-state index in [0.717, 1.165) is 25.0 Å². The van der Waals surface area contributed by atoms with Crippen molar-refractivity contribution in [3.8, 4) is 0 Å². The highest BCUT2D eigenvalue weighted by Gasteiger charge is 2.33. The van der Waals surface area contributed by atoms with Crippen LogP contribution in [0.4, 0.5) is 24.5 Å². The molecule has 2 heterocycles. The number of hydrogen-bond acceptors (Lipinski definition) is 4. The lowest BCUT2D eigenvalue weighted by Gasteiger charge is -2.23. The number of rotatable bonds is 4. The van der Waals surface area contributed by atoms with Gasteiger partial charge in [0.1, 0.15) is 4.90 Å². The van der Waals surface area contributed by atoms with E-state index in [0.29, 0.717) is 24.5 Å². The average molecular weight is 402 g/mol. The van der Waals surface area contributed by atoms with Gasteiger partial charge in [-0.15, -0.1) is 0 Å². The summed E-state index contributed by atoms with van der Waals surface area (Å²) in [7, 11) is -2.48. The van der Waals surface area contributed by atoms with Crippen molar-refractivity contribution in [1.29, 1.82) is 0 Å². The number of hydrogen-bond donors (Lipinski definition) is 1. The van der Waals surface area contributed by atoms with Crippen LogP contribution < -0.4 is 9.62 Å². The molecule has 148 valence electrons. The molecule has 0 bridgehead atoms. The van der Waals surface area contributed by atoms with E-state index in [-0.39, 0.29) is 16.3 Å². The molecule has 1 saturated heterocycles. The molecule has 1 aliphatic heterocycles. The highest BCUT2D eigenvalue weighted by Crippen LogP contribution is 2.37. The number of benzene rings is 1. The van der Waals surface area contributed by atoms with Crippen LogP contribution in [0.1, 0.15) is 29.8 Å². The van der Waals surface area contributed by atoms with Gasteiger partial charge in [0, 0.05) is 20.1 Å². The third kappa shape index (κ3) is 3.76. The predicted octanol–water partition coefficient (Wildman–Crippen LogP) is 3.46. The fourth-order valence-corrected chi connectivity index (χ4v) is 4.87. The zero-order valence-corrected chi connectivity index (χ0v) is 16.1. The highest BCUT2D eigenvalue weighted by atomic mass is 32.2. The maximum atomic E-state index is 13.2. The number of nitrogens with zero attached hydrogens (tertiary/aromatic N) is 3. The van der Waals surface area contributed by atoms with E-state index in [1.807, 2.05) is 4.90 Å². The van der Waals surface area contributed by atoms with Crippen LogP contribution in [0.15, 0.2) is 23.1 Å². The van der Waals surface area contributed by atoms with Crippen molar-refractivity contribution in [1.82, 2.24) is 9.78 Å². The monoisotopic (exact) mass is 402 g/mol. The summed E-state index contributed by atoms with van der Waals surface area (Å²) < 4.78 is 69.1. The van der Waals surface area contributed by atoms with Crippen LogP contribution in [0.25, 0.3) is 0 Å². The maximum Gasteiger partial charge on any atom is 0.416 e. The van der Waals surface area contributed by atoms with Gasteiger partial charge in [-0.05, 0) is 44.9 Å². The first-order chi connectivity index (χ1) is 12.5. The minimum absolute atomic E-state index is 0.0187. The van der Waals surface area contributed by atoms with Crippen molar-refractivity contribution < 1.29 is 21.6 Å². The molecule has 0 unspecified atom stereocenters. The Labute approximate surface area is 156 Å². The second-order valence-electron chi connectivity index (χ2n) is 6.65. The molecule has 0 atom stereocenters. The lowest BCUT2D eigenvalue weighted by Crippen LogP contribution is -2.22. The first-order valence-electron chi connectivity index (χ1n) is 8.50. The number of aromatic nitrogens is 2. The van der Waals surface area contributed by atoms with Gasteiger partial charge < -0.3 is 4.90 Å². The van der Waals surface area contributed by atoms with Crippen molar-refractivity contribution in [2.45, 2.75) is 37.8 Å². The number of alkyl halides is 3. The summed E-state index contributed by atoms with van der Waals surface area (Å²) in [6.45, 7) is 4.49. The summed E-state index contributed by atoms with van der Waals surface area (Å²) in [4.78, 5) is 1.87. The van der Waals surface area contributed by atoms with Crippen LogP contribution in [0.3, 0.4) is 0 Å². The molecule has 10 heteroatoms. The molecule has 0 aliphatic carbocycles. The molecule has 0 radical (unpaired) electrons. The van der Waals surface area contributed by atoms with Crippen LogP contribution in [0, 0.1) is 13.8 Å². The van der Waals surface area contributed by atoms with Crippen LogP contribution >= 0.6 is 0 Å². The topological polar surface area (TPSA) is 67.2 Å². The molecule has 1 fully saturated rings. The molecular weight excluding hydrogens is 381 g/mol. The Kier molecular flexibility index (Phi) is 4.87. The highest BCUT2D eigenvalue weighted by molar-refractivity contribution is 7.92. The van der Waals surface area contributed by atoms with Gasteiger partial charge in [0.25, 0.3) is 10.0 Å². The second kappa shape index (κ2) is 6.74. The smallest absolute Gasteiger partial charge is 0.370 e. The minimum atomic E-state index is -4.57. The van der Waals surface area contributed by atoms with Gasteiger partial charge in [-0.25, -0.2) is 8.42 Å². The lowest BCUT2D eigenvalue weighted by atomic mass is 10.1. The van der Waals surface area contributed by atoms with Gasteiger partial charge in [0.2, 0.25) is 0 Å². The van der Waals surface area contributed by atoms with Gasteiger partial charge in [-0.1, -0.05) is 0 Å². The Morgan fingerprint density at radius 2 is 1.78 bits per heavy atom. The SMILES string of the molecule is Cc1nn(C)c(C)c1S(=O)(=O)Nc1cc(C(F)(F)F)ccc1N1CCCC1. The molecule has 1 N–H and O–H groups in total. The third-order valence-electron chi connectivity index (χ3n) is 4.73. The van der Waals surface area contributed by atoms with Crippen LogP contribution in [-0.2, 0) is 23.2 Å². The normalized spacial score (nSPS) is 15.4. The van der Waals surface area contributed by atoms with E-state index in [2.05, 4.69) is 9.82 Å². The quantitative estimate of drug-likeness (QED) is 0.851. The fraction of sp³-hybridized carbons (Fsp3) is 0.471. The van der Waals surface area contributed by atoms with E-state index in [9.17, 15) is 21.6 Å². The fourth-order valence-electron chi connectivity index (χ4n) is 3.37. The Morgan fingerprint density at radius 3 is 2.30 bits per heavy atom. The Bertz CT molecular complexity index is 961. The molecule has 27 heavy (non-hydrogen) atoms. The number of nitrogens with one attached hydrogen (secondary N) is 1. The summed E-state index contributed by atoms with van der Waals surface area (Å²) >= 11 is 0. The van der Waals surface area contributed by atoms with Crippen LogP contribution in [0.2, 0.25) is 0 Å². The average Bonchev–Trinajstić information content (AvgIpc) is 3.15. The molecule has 1 aliphatic rings. The molecular formula is C17H21F3N4O2S. The van der Waals surface area contributed by atoms with E-state index in [1.54, 1.807) is 20.9 Å². The molecule has 1 aromatic heterocycles. The first-order valence-corrected chi connectivity index (χ1v) is 9.98. The van der Waals surface area contributed by atoms with Gasteiger partial charge in [0.15, 0.2) is 0 Å². The Morgan fingerprint density at radius 1 is 1.15 bits per heavy atom. The number of anilines is 2. The van der Waals surface area contributed by atoms with E-state index in [4.69, 9.17) is 0 Å². The maximum absolute atomic E-state index is 13.2. The summed E-state index contributed by atoms with van der Waals surface area (Å²) in [5.41, 5.74) is 0.173.